The summed E-state index contributed by atoms with van der Waals surface area (Å²) in [4.78, 5) is 11.5. The van der Waals surface area contributed by atoms with Crippen LogP contribution in [-0.2, 0) is 14.6 Å². The number of sulfone groups is 1. The van der Waals surface area contributed by atoms with E-state index in [-0.39, 0.29) is 5.75 Å². The molecule has 0 aliphatic carbocycles. The second-order valence-electron chi connectivity index (χ2n) is 3.37. The molecule has 17 heavy (non-hydrogen) atoms. The lowest BCUT2D eigenvalue weighted by Gasteiger charge is -2.06. The van der Waals surface area contributed by atoms with Crippen LogP contribution in [0, 0.1) is 0 Å². The van der Waals surface area contributed by atoms with Crippen LogP contribution in [0.5, 0.6) is 0 Å². The van der Waals surface area contributed by atoms with Gasteiger partial charge in [0.05, 0.1) is 16.5 Å². The zero-order chi connectivity index (χ0) is 12.9. The summed E-state index contributed by atoms with van der Waals surface area (Å²) in [7, 11) is -3.44. The van der Waals surface area contributed by atoms with Gasteiger partial charge in [0.25, 0.3) is 0 Å². The van der Waals surface area contributed by atoms with Gasteiger partial charge in [0.1, 0.15) is 5.75 Å². The number of carbonyl (C=O) groups is 1. The summed E-state index contributed by atoms with van der Waals surface area (Å²) in [5.41, 5.74) is 0.396. The van der Waals surface area contributed by atoms with Gasteiger partial charge in [-0.3, -0.25) is 4.79 Å². The summed E-state index contributed by atoms with van der Waals surface area (Å²) in [6, 6.07) is 6.61. The lowest BCUT2D eigenvalue weighted by molar-refractivity contribution is -0.113. The minimum atomic E-state index is -3.44. The maximum absolute atomic E-state index is 11.5. The predicted molar refractivity (Wildman–Crippen MR) is 68.9 cm³/mol. The Balaban J connectivity index is 2.69. The second kappa shape index (κ2) is 5.84. The smallest absolute Gasteiger partial charge is 0.239 e. The molecule has 1 aromatic rings. The molecule has 0 aliphatic rings. The molecule has 0 fully saturated rings. The van der Waals surface area contributed by atoms with Crippen LogP contribution in [0.25, 0.3) is 0 Å². The van der Waals surface area contributed by atoms with E-state index in [0.717, 1.165) is 0 Å². The Hall–Kier alpha value is -1.33. The van der Waals surface area contributed by atoms with Crippen LogP contribution < -0.4 is 5.32 Å². The number of amides is 1. The molecule has 92 valence electrons. The van der Waals surface area contributed by atoms with Gasteiger partial charge in [0.2, 0.25) is 5.91 Å². The monoisotopic (exact) mass is 273 g/mol. The molecule has 0 unspecified atom stereocenters. The Kier molecular flexibility index (Phi) is 4.72. The molecule has 1 N–H and O–H groups in total. The predicted octanol–water partition coefficient (Wildman–Crippen LogP) is 1.88. The number of halogens is 1. The van der Waals surface area contributed by atoms with Gasteiger partial charge in [-0.05, 0) is 12.1 Å². The summed E-state index contributed by atoms with van der Waals surface area (Å²) in [6.07, 6.45) is 1.25. The van der Waals surface area contributed by atoms with Crippen molar-refractivity contribution in [1.82, 2.24) is 0 Å². The number of rotatable bonds is 5. The van der Waals surface area contributed by atoms with Gasteiger partial charge in [-0.15, -0.1) is 6.58 Å². The molecule has 0 saturated carbocycles. The molecule has 4 nitrogen and oxygen atoms in total. The highest BCUT2D eigenvalue weighted by Gasteiger charge is 2.15. The van der Waals surface area contributed by atoms with Crippen LogP contribution in [0.1, 0.15) is 0 Å². The zero-order valence-electron chi connectivity index (χ0n) is 9.02. The third-order valence-electron chi connectivity index (χ3n) is 1.87. The fourth-order valence-electron chi connectivity index (χ4n) is 1.19. The number of para-hydroxylation sites is 1. The Morgan fingerprint density at radius 3 is 2.65 bits per heavy atom. The van der Waals surface area contributed by atoms with Gasteiger partial charge in [-0.25, -0.2) is 8.42 Å². The van der Waals surface area contributed by atoms with Crippen molar-refractivity contribution in [2.24, 2.45) is 0 Å². The standard InChI is InChI=1S/C11H12ClNO3S/c1-2-7-17(15,16)8-11(14)13-10-6-4-3-5-9(10)12/h2-6H,1,7-8H2,(H,13,14). The number of benzene rings is 1. The quantitative estimate of drug-likeness (QED) is 0.833. The molecule has 0 aromatic heterocycles. The summed E-state index contributed by atoms with van der Waals surface area (Å²) in [6.45, 7) is 3.32. The highest BCUT2D eigenvalue weighted by Crippen LogP contribution is 2.20. The largest absolute Gasteiger partial charge is 0.324 e. The molecule has 0 spiro atoms. The van der Waals surface area contributed by atoms with Crippen LogP contribution in [0.2, 0.25) is 5.02 Å². The van der Waals surface area contributed by atoms with Gasteiger partial charge >= 0.3 is 0 Å². The first-order valence-corrected chi connectivity index (χ1v) is 7.00. The topological polar surface area (TPSA) is 63.2 Å². The van der Waals surface area contributed by atoms with E-state index in [9.17, 15) is 13.2 Å². The molecule has 1 aromatic carbocycles. The molecule has 6 heteroatoms. The minimum absolute atomic E-state index is 0.219. The third kappa shape index (κ3) is 4.58. The first-order valence-electron chi connectivity index (χ1n) is 4.80. The first kappa shape index (κ1) is 13.7. The molecule has 0 aliphatic heterocycles. The fraction of sp³-hybridized carbons (Fsp3) is 0.182. The van der Waals surface area contributed by atoms with Gasteiger partial charge < -0.3 is 5.32 Å². The molecule has 0 atom stereocenters. The Bertz CT molecular complexity index is 525. The van der Waals surface area contributed by atoms with Crippen LogP contribution in [0.4, 0.5) is 5.69 Å². The van der Waals surface area contributed by atoms with E-state index < -0.39 is 21.5 Å². The average Bonchev–Trinajstić information content (AvgIpc) is 2.20. The Morgan fingerprint density at radius 2 is 2.06 bits per heavy atom. The molecule has 1 amide bonds. The van der Waals surface area contributed by atoms with E-state index in [0.29, 0.717) is 10.7 Å². The van der Waals surface area contributed by atoms with Crippen molar-refractivity contribution in [2.75, 3.05) is 16.8 Å². The summed E-state index contributed by atoms with van der Waals surface area (Å²) in [5, 5.41) is 2.80. The summed E-state index contributed by atoms with van der Waals surface area (Å²) in [5.74, 6) is -1.41. The molecular weight excluding hydrogens is 262 g/mol. The molecule has 0 radical (unpaired) electrons. The average molecular weight is 274 g/mol. The lowest BCUT2D eigenvalue weighted by atomic mass is 10.3. The summed E-state index contributed by atoms with van der Waals surface area (Å²) >= 11 is 5.82. The van der Waals surface area contributed by atoms with E-state index in [4.69, 9.17) is 11.6 Å². The van der Waals surface area contributed by atoms with Crippen LogP contribution >= 0.6 is 11.6 Å². The van der Waals surface area contributed by atoms with E-state index in [2.05, 4.69) is 11.9 Å². The maximum atomic E-state index is 11.5. The van der Waals surface area contributed by atoms with Crippen molar-refractivity contribution in [3.05, 3.63) is 41.9 Å². The molecule has 0 saturated heterocycles. The molecule has 1 rings (SSSR count). The van der Waals surface area contributed by atoms with Crippen molar-refractivity contribution >= 4 is 33.0 Å². The maximum Gasteiger partial charge on any atom is 0.239 e. The minimum Gasteiger partial charge on any atom is -0.324 e. The number of hydrogen-bond donors (Lipinski definition) is 1. The highest BCUT2D eigenvalue weighted by atomic mass is 35.5. The van der Waals surface area contributed by atoms with Crippen molar-refractivity contribution in [3.8, 4) is 0 Å². The normalized spacial score (nSPS) is 10.9. The Labute approximate surface area is 105 Å². The van der Waals surface area contributed by atoms with E-state index in [1.54, 1.807) is 24.3 Å². The van der Waals surface area contributed by atoms with Crippen molar-refractivity contribution in [1.29, 1.82) is 0 Å². The SMILES string of the molecule is C=CCS(=O)(=O)CC(=O)Nc1ccccc1Cl. The van der Waals surface area contributed by atoms with Gasteiger partial charge in [0, 0.05) is 0 Å². The van der Waals surface area contributed by atoms with Gasteiger partial charge in [0.15, 0.2) is 9.84 Å². The van der Waals surface area contributed by atoms with E-state index in [1.807, 2.05) is 0 Å². The van der Waals surface area contributed by atoms with Crippen LogP contribution in [-0.4, -0.2) is 25.8 Å². The number of carbonyl (C=O) groups excluding carboxylic acids is 1. The van der Waals surface area contributed by atoms with E-state index >= 15 is 0 Å². The Morgan fingerprint density at radius 1 is 1.41 bits per heavy atom. The van der Waals surface area contributed by atoms with Crippen molar-refractivity contribution < 1.29 is 13.2 Å². The zero-order valence-corrected chi connectivity index (χ0v) is 10.6. The molecular formula is C11H12ClNO3S. The first-order chi connectivity index (χ1) is 7.94. The number of hydrogen-bond acceptors (Lipinski definition) is 3. The van der Waals surface area contributed by atoms with E-state index in [1.165, 1.54) is 6.08 Å². The molecule has 0 bridgehead atoms. The third-order valence-corrected chi connectivity index (χ3v) is 3.65. The van der Waals surface area contributed by atoms with Crippen molar-refractivity contribution in [3.63, 3.8) is 0 Å². The van der Waals surface area contributed by atoms with Crippen LogP contribution in [0.3, 0.4) is 0 Å². The fourth-order valence-corrected chi connectivity index (χ4v) is 2.32. The van der Waals surface area contributed by atoms with Gasteiger partial charge in [-0.2, -0.15) is 0 Å². The lowest BCUT2D eigenvalue weighted by Crippen LogP contribution is -2.24. The van der Waals surface area contributed by atoms with Crippen LogP contribution in [0.15, 0.2) is 36.9 Å². The number of nitrogens with one attached hydrogen (secondary N) is 1. The molecule has 0 heterocycles. The van der Waals surface area contributed by atoms with Crippen molar-refractivity contribution in [2.45, 2.75) is 0 Å². The number of anilines is 1. The van der Waals surface area contributed by atoms with Gasteiger partial charge in [-0.1, -0.05) is 29.8 Å². The summed E-state index contributed by atoms with van der Waals surface area (Å²) < 4.78 is 22.7. The second-order valence-corrected chi connectivity index (χ2v) is 5.89. The highest BCUT2D eigenvalue weighted by molar-refractivity contribution is 7.92.